The van der Waals surface area contributed by atoms with Crippen LogP contribution in [0.25, 0.3) is 0 Å². The molecule has 2 fully saturated rings. The number of methoxy groups -OCH3 is 1. The van der Waals surface area contributed by atoms with E-state index in [0.29, 0.717) is 50.4 Å². The predicted molar refractivity (Wildman–Crippen MR) is 135 cm³/mol. The monoisotopic (exact) mass is 551 g/mol. The van der Waals surface area contributed by atoms with Gasteiger partial charge < -0.3 is 29.3 Å². The number of H-pyrrole nitrogens is 1. The Bertz CT molecular complexity index is 1240. The summed E-state index contributed by atoms with van der Waals surface area (Å²) < 4.78 is 43.9. The standard InChI is InChI=1S/C14H13F3N4O2.C11H19N3O2/c1-23-13-10(14(15,16)17)4-8(5-18-13)21-3-2-11-9(6-21)12(22)20-7-19-11;1-10(15)12-6-8-14(9-7-12)11(16)13-4-2-3-5-13/h4-5,7H,2-3,6H2,1H3,(H,19,20,22);2-9H2,1H3. The Morgan fingerprint density at radius 2 is 1.62 bits per heavy atom. The summed E-state index contributed by atoms with van der Waals surface area (Å²) in [5.41, 5.74) is 0.193. The molecule has 3 aliphatic rings. The van der Waals surface area contributed by atoms with Crippen LogP contribution < -0.4 is 15.2 Å². The van der Waals surface area contributed by atoms with E-state index in [1.165, 1.54) is 12.5 Å². The van der Waals surface area contributed by atoms with Gasteiger partial charge >= 0.3 is 12.2 Å². The van der Waals surface area contributed by atoms with Crippen molar-refractivity contribution in [1.29, 1.82) is 0 Å². The number of piperazine rings is 1. The number of anilines is 1. The molecule has 3 aliphatic heterocycles. The topological polar surface area (TPSA) is 115 Å². The lowest BCUT2D eigenvalue weighted by Gasteiger charge is -2.36. The van der Waals surface area contributed by atoms with Gasteiger partial charge in [-0.1, -0.05) is 0 Å². The first-order valence-electron chi connectivity index (χ1n) is 12.8. The van der Waals surface area contributed by atoms with Crippen LogP contribution in [0.15, 0.2) is 23.4 Å². The number of likely N-dealkylation sites (tertiary alicyclic amines) is 1. The third-order valence-electron chi connectivity index (χ3n) is 7.08. The van der Waals surface area contributed by atoms with E-state index in [2.05, 4.69) is 19.7 Å². The van der Waals surface area contributed by atoms with E-state index in [0.717, 1.165) is 39.1 Å². The van der Waals surface area contributed by atoms with Gasteiger partial charge in [0.05, 0.1) is 43.1 Å². The summed E-state index contributed by atoms with van der Waals surface area (Å²) in [6.45, 7) is 6.71. The normalized spacial score (nSPS) is 17.4. The number of halogens is 3. The number of fused-ring (bicyclic) bond motifs is 1. The van der Waals surface area contributed by atoms with E-state index in [1.807, 2.05) is 9.80 Å². The number of hydrogen-bond acceptors (Lipinski definition) is 7. The van der Waals surface area contributed by atoms with E-state index >= 15 is 0 Å². The molecular weight excluding hydrogens is 519 g/mol. The lowest BCUT2D eigenvalue weighted by molar-refractivity contribution is -0.139. The second-order valence-electron chi connectivity index (χ2n) is 9.55. The van der Waals surface area contributed by atoms with Gasteiger partial charge in [0.2, 0.25) is 11.8 Å². The Labute approximate surface area is 223 Å². The van der Waals surface area contributed by atoms with E-state index in [9.17, 15) is 27.6 Å². The summed E-state index contributed by atoms with van der Waals surface area (Å²) in [5.74, 6) is -0.369. The Kier molecular flexibility index (Phi) is 8.60. The smallest absolute Gasteiger partial charge is 0.421 e. The van der Waals surface area contributed by atoms with Gasteiger partial charge in [-0.2, -0.15) is 13.2 Å². The molecule has 5 rings (SSSR count). The predicted octanol–water partition coefficient (Wildman–Crippen LogP) is 2.12. The Hall–Kier alpha value is -3.84. The van der Waals surface area contributed by atoms with Crippen molar-refractivity contribution < 1.29 is 27.5 Å². The SMILES string of the molecule is CC(=O)N1CCN(C(=O)N2CCCC2)CC1.COc1ncc(N2CCc3nc[nH]c(=O)c3C2)cc1C(F)(F)F. The highest BCUT2D eigenvalue weighted by Crippen LogP contribution is 2.37. The van der Waals surface area contributed by atoms with Gasteiger partial charge in [0, 0.05) is 59.2 Å². The van der Waals surface area contributed by atoms with Gasteiger partial charge in [0.15, 0.2) is 0 Å². The summed E-state index contributed by atoms with van der Waals surface area (Å²) >= 11 is 0. The maximum Gasteiger partial charge on any atom is 0.421 e. The highest BCUT2D eigenvalue weighted by molar-refractivity contribution is 5.76. The van der Waals surface area contributed by atoms with Crippen LogP contribution in [-0.2, 0) is 23.9 Å². The molecule has 212 valence electrons. The van der Waals surface area contributed by atoms with Crippen LogP contribution in [0.2, 0.25) is 0 Å². The van der Waals surface area contributed by atoms with Crippen LogP contribution in [0.1, 0.15) is 36.6 Å². The van der Waals surface area contributed by atoms with Crippen molar-refractivity contribution in [1.82, 2.24) is 29.7 Å². The molecule has 0 aliphatic carbocycles. The van der Waals surface area contributed by atoms with Crippen molar-refractivity contribution in [3.05, 3.63) is 45.8 Å². The summed E-state index contributed by atoms with van der Waals surface area (Å²) in [6.07, 6.45) is 0.795. The first-order valence-corrected chi connectivity index (χ1v) is 12.8. The van der Waals surface area contributed by atoms with Gasteiger partial charge in [0.25, 0.3) is 5.56 Å². The minimum atomic E-state index is -4.57. The zero-order valence-corrected chi connectivity index (χ0v) is 22.0. The summed E-state index contributed by atoms with van der Waals surface area (Å²) in [4.78, 5) is 52.6. The van der Waals surface area contributed by atoms with E-state index in [4.69, 9.17) is 0 Å². The third-order valence-corrected chi connectivity index (χ3v) is 7.08. The molecule has 0 saturated carbocycles. The maximum atomic E-state index is 13.1. The molecule has 0 bridgehead atoms. The highest BCUT2D eigenvalue weighted by atomic mass is 19.4. The molecule has 0 atom stereocenters. The number of hydrogen-bond donors (Lipinski definition) is 1. The van der Waals surface area contributed by atoms with Crippen molar-refractivity contribution in [3.8, 4) is 5.88 Å². The summed E-state index contributed by atoms with van der Waals surface area (Å²) in [5, 5.41) is 0. The van der Waals surface area contributed by atoms with Gasteiger partial charge in [-0.25, -0.2) is 14.8 Å². The molecule has 2 aromatic rings. The lowest BCUT2D eigenvalue weighted by Crippen LogP contribution is -2.53. The number of ether oxygens (including phenoxy) is 1. The van der Waals surface area contributed by atoms with Crippen molar-refractivity contribution in [2.45, 2.75) is 38.9 Å². The second kappa shape index (κ2) is 11.9. The number of nitrogens with zero attached hydrogens (tertiary/aromatic N) is 6. The lowest BCUT2D eigenvalue weighted by atomic mass is 10.1. The maximum absolute atomic E-state index is 13.1. The van der Waals surface area contributed by atoms with Crippen LogP contribution in [0.4, 0.5) is 23.7 Å². The second-order valence-corrected chi connectivity index (χ2v) is 9.55. The van der Waals surface area contributed by atoms with E-state index < -0.39 is 17.6 Å². The average Bonchev–Trinajstić information content (AvgIpc) is 3.47. The van der Waals surface area contributed by atoms with Gasteiger partial charge in [0.1, 0.15) is 5.56 Å². The van der Waals surface area contributed by atoms with Crippen LogP contribution >= 0.6 is 0 Å². The molecule has 5 heterocycles. The molecule has 39 heavy (non-hydrogen) atoms. The molecule has 0 spiro atoms. The number of nitrogens with one attached hydrogen (secondary N) is 1. The third kappa shape index (κ3) is 6.60. The largest absolute Gasteiger partial charge is 0.481 e. The van der Waals surface area contributed by atoms with E-state index in [-0.39, 0.29) is 29.7 Å². The van der Waals surface area contributed by atoms with Crippen LogP contribution in [0.5, 0.6) is 5.88 Å². The fourth-order valence-electron chi connectivity index (χ4n) is 4.88. The van der Waals surface area contributed by atoms with E-state index in [1.54, 1.807) is 16.7 Å². The van der Waals surface area contributed by atoms with Crippen LogP contribution in [-0.4, -0.2) is 94.5 Å². The number of aromatic nitrogens is 3. The van der Waals surface area contributed by atoms with Crippen LogP contribution in [0, 0.1) is 0 Å². The molecule has 1 N–H and O–H groups in total. The molecule has 0 aromatic carbocycles. The van der Waals surface area contributed by atoms with Gasteiger partial charge in [-0.05, 0) is 18.9 Å². The molecular formula is C25H32F3N7O4. The van der Waals surface area contributed by atoms with Crippen molar-refractivity contribution in [3.63, 3.8) is 0 Å². The Morgan fingerprint density at radius 3 is 2.23 bits per heavy atom. The van der Waals surface area contributed by atoms with Crippen molar-refractivity contribution in [2.24, 2.45) is 0 Å². The number of aromatic amines is 1. The van der Waals surface area contributed by atoms with Crippen molar-refractivity contribution >= 4 is 17.6 Å². The quantitative estimate of drug-likeness (QED) is 0.608. The van der Waals surface area contributed by atoms with Crippen LogP contribution in [0.3, 0.4) is 0 Å². The molecule has 0 unspecified atom stereocenters. The molecule has 0 radical (unpaired) electrons. The van der Waals surface area contributed by atoms with Crippen molar-refractivity contribution in [2.75, 3.05) is 57.8 Å². The number of carbonyl (C=O) groups is 2. The number of carbonyl (C=O) groups excluding carboxylic acids is 2. The fraction of sp³-hybridized carbons (Fsp3) is 0.560. The number of rotatable bonds is 2. The summed E-state index contributed by atoms with van der Waals surface area (Å²) in [7, 11) is 1.14. The molecule has 2 aromatic heterocycles. The van der Waals surface area contributed by atoms with Gasteiger partial charge in [-0.15, -0.1) is 0 Å². The Morgan fingerprint density at radius 1 is 0.974 bits per heavy atom. The molecule has 2 saturated heterocycles. The fourth-order valence-corrected chi connectivity index (χ4v) is 4.88. The zero-order chi connectivity index (χ0) is 28.2. The first kappa shape index (κ1) is 28.2. The molecule has 3 amide bonds. The molecule has 11 nitrogen and oxygen atoms in total. The minimum Gasteiger partial charge on any atom is -0.481 e. The Balaban J connectivity index is 0.000000193. The minimum absolute atomic E-state index is 0.105. The zero-order valence-electron chi connectivity index (χ0n) is 22.0. The highest BCUT2D eigenvalue weighted by Gasteiger charge is 2.36. The number of alkyl halides is 3. The van der Waals surface area contributed by atoms with Gasteiger partial charge in [-0.3, -0.25) is 9.59 Å². The molecule has 14 heteroatoms. The number of amides is 3. The first-order chi connectivity index (χ1) is 18.6. The number of urea groups is 1. The number of pyridine rings is 1. The summed E-state index contributed by atoms with van der Waals surface area (Å²) in [6, 6.07) is 1.14. The average molecular weight is 552 g/mol.